The molecule has 1 unspecified atom stereocenters. The standard InChI is InChI=1S/C17H25NO2/c1-20-17(19)16(15-11-7-4-8-12-15)18-13-14-9-5-2-3-6-10-14/h4,7-8,11-12,14,16,18H,2-3,5-6,9-10,13H2,1H3. The zero-order chi connectivity index (χ0) is 14.2. The van der Waals surface area contributed by atoms with Crippen LogP contribution in [0.25, 0.3) is 0 Å². The first-order chi connectivity index (χ1) is 9.81. The third kappa shape index (κ3) is 4.34. The first-order valence-electron chi connectivity index (χ1n) is 7.67. The van der Waals surface area contributed by atoms with E-state index in [1.165, 1.54) is 45.6 Å². The predicted octanol–water partition coefficient (Wildman–Crippen LogP) is 3.46. The molecule has 1 aliphatic rings. The monoisotopic (exact) mass is 275 g/mol. The Balaban J connectivity index is 1.95. The molecule has 0 aromatic heterocycles. The van der Waals surface area contributed by atoms with Gasteiger partial charge in [0, 0.05) is 0 Å². The summed E-state index contributed by atoms with van der Waals surface area (Å²) in [5.41, 5.74) is 0.980. The largest absolute Gasteiger partial charge is 0.468 e. The maximum absolute atomic E-state index is 12.0. The Hall–Kier alpha value is -1.35. The number of rotatable bonds is 5. The summed E-state index contributed by atoms with van der Waals surface area (Å²) in [4.78, 5) is 12.0. The Labute approximate surface area is 121 Å². The minimum Gasteiger partial charge on any atom is -0.468 e. The molecule has 3 nitrogen and oxygen atoms in total. The van der Waals surface area contributed by atoms with E-state index in [1.807, 2.05) is 30.3 Å². The number of benzene rings is 1. The van der Waals surface area contributed by atoms with E-state index in [9.17, 15) is 4.79 Å². The van der Waals surface area contributed by atoms with Gasteiger partial charge in [-0.25, -0.2) is 4.79 Å². The third-order valence-electron chi connectivity index (χ3n) is 4.16. The lowest BCUT2D eigenvalue weighted by Crippen LogP contribution is -2.33. The molecule has 1 aromatic rings. The molecule has 1 fully saturated rings. The van der Waals surface area contributed by atoms with E-state index in [0.29, 0.717) is 5.92 Å². The molecule has 1 aromatic carbocycles. The van der Waals surface area contributed by atoms with Crippen LogP contribution in [0.1, 0.15) is 50.1 Å². The van der Waals surface area contributed by atoms with Gasteiger partial charge in [-0.2, -0.15) is 0 Å². The van der Waals surface area contributed by atoms with Crippen molar-refractivity contribution in [3.05, 3.63) is 35.9 Å². The van der Waals surface area contributed by atoms with E-state index >= 15 is 0 Å². The fraction of sp³-hybridized carbons (Fsp3) is 0.588. The van der Waals surface area contributed by atoms with Gasteiger partial charge in [0.2, 0.25) is 0 Å². The number of hydrogen-bond acceptors (Lipinski definition) is 3. The summed E-state index contributed by atoms with van der Waals surface area (Å²) < 4.78 is 4.93. The van der Waals surface area contributed by atoms with Crippen molar-refractivity contribution in [3.63, 3.8) is 0 Å². The first kappa shape index (κ1) is 15.0. The van der Waals surface area contributed by atoms with Crippen molar-refractivity contribution >= 4 is 5.97 Å². The maximum atomic E-state index is 12.0. The number of methoxy groups -OCH3 is 1. The number of carbonyl (C=O) groups is 1. The van der Waals surface area contributed by atoms with Crippen LogP contribution < -0.4 is 5.32 Å². The molecule has 1 aliphatic carbocycles. The SMILES string of the molecule is COC(=O)C(NCC1CCCCCC1)c1ccccc1. The Bertz CT molecular complexity index is 397. The summed E-state index contributed by atoms with van der Waals surface area (Å²) in [6.07, 6.45) is 7.90. The zero-order valence-corrected chi connectivity index (χ0v) is 12.3. The van der Waals surface area contributed by atoms with Crippen molar-refractivity contribution in [2.45, 2.75) is 44.6 Å². The van der Waals surface area contributed by atoms with Crippen molar-refractivity contribution in [1.82, 2.24) is 5.32 Å². The Kier molecular flexibility index (Phi) is 6.06. The van der Waals surface area contributed by atoms with Crippen molar-refractivity contribution < 1.29 is 9.53 Å². The lowest BCUT2D eigenvalue weighted by molar-refractivity contribution is -0.143. The van der Waals surface area contributed by atoms with Crippen LogP contribution in [0.4, 0.5) is 0 Å². The van der Waals surface area contributed by atoms with Gasteiger partial charge in [0.15, 0.2) is 0 Å². The minimum absolute atomic E-state index is 0.204. The highest BCUT2D eigenvalue weighted by atomic mass is 16.5. The summed E-state index contributed by atoms with van der Waals surface area (Å²) in [5.74, 6) is 0.484. The summed E-state index contributed by atoms with van der Waals surface area (Å²) in [6, 6.07) is 9.48. The highest BCUT2D eigenvalue weighted by molar-refractivity contribution is 5.77. The van der Waals surface area contributed by atoms with E-state index in [2.05, 4.69) is 5.32 Å². The smallest absolute Gasteiger partial charge is 0.327 e. The van der Waals surface area contributed by atoms with Gasteiger partial charge in [-0.15, -0.1) is 0 Å². The molecular formula is C17H25NO2. The molecule has 0 saturated heterocycles. The second-order valence-corrected chi connectivity index (χ2v) is 5.63. The first-order valence-corrected chi connectivity index (χ1v) is 7.67. The molecule has 110 valence electrons. The van der Waals surface area contributed by atoms with Crippen molar-refractivity contribution in [2.24, 2.45) is 5.92 Å². The summed E-state index contributed by atoms with van der Waals surface area (Å²) >= 11 is 0. The number of ether oxygens (including phenoxy) is 1. The van der Waals surface area contributed by atoms with Gasteiger partial charge in [0.25, 0.3) is 0 Å². The van der Waals surface area contributed by atoms with Crippen LogP contribution in [0.3, 0.4) is 0 Å². The number of hydrogen-bond donors (Lipinski definition) is 1. The van der Waals surface area contributed by atoms with Gasteiger partial charge in [-0.3, -0.25) is 0 Å². The Morgan fingerprint density at radius 3 is 2.45 bits per heavy atom. The van der Waals surface area contributed by atoms with Crippen molar-refractivity contribution in [3.8, 4) is 0 Å². The molecule has 0 bridgehead atoms. The molecule has 0 heterocycles. The quantitative estimate of drug-likeness (QED) is 0.660. The molecule has 3 heteroatoms. The third-order valence-corrected chi connectivity index (χ3v) is 4.16. The normalized spacial score (nSPS) is 18.2. The summed E-state index contributed by atoms with van der Waals surface area (Å²) in [5, 5.41) is 3.41. The van der Waals surface area contributed by atoms with Crippen molar-refractivity contribution in [1.29, 1.82) is 0 Å². The van der Waals surface area contributed by atoms with E-state index in [1.54, 1.807) is 0 Å². The second kappa shape index (κ2) is 8.05. The van der Waals surface area contributed by atoms with Gasteiger partial charge < -0.3 is 10.1 Å². The van der Waals surface area contributed by atoms with E-state index in [-0.39, 0.29) is 12.0 Å². The number of carbonyl (C=O) groups excluding carboxylic acids is 1. The topological polar surface area (TPSA) is 38.3 Å². The molecule has 0 radical (unpaired) electrons. The maximum Gasteiger partial charge on any atom is 0.327 e. The molecule has 1 N–H and O–H groups in total. The van der Waals surface area contributed by atoms with Crippen LogP contribution in [-0.4, -0.2) is 19.6 Å². The van der Waals surface area contributed by atoms with Crippen LogP contribution in [0, 0.1) is 5.92 Å². The average molecular weight is 275 g/mol. The molecule has 0 aliphatic heterocycles. The Morgan fingerprint density at radius 2 is 1.85 bits per heavy atom. The van der Waals surface area contributed by atoms with Crippen LogP contribution in [0.5, 0.6) is 0 Å². The van der Waals surface area contributed by atoms with E-state index in [4.69, 9.17) is 4.74 Å². The van der Waals surface area contributed by atoms with Gasteiger partial charge in [-0.05, 0) is 30.9 Å². The number of nitrogens with one attached hydrogen (secondary N) is 1. The van der Waals surface area contributed by atoms with Crippen LogP contribution in [0.2, 0.25) is 0 Å². The van der Waals surface area contributed by atoms with Crippen LogP contribution in [0.15, 0.2) is 30.3 Å². The summed E-state index contributed by atoms with van der Waals surface area (Å²) in [7, 11) is 1.45. The molecule has 1 saturated carbocycles. The Morgan fingerprint density at radius 1 is 1.20 bits per heavy atom. The molecule has 0 amide bonds. The summed E-state index contributed by atoms with van der Waals surface area (Å²) in [6.45, 7) is 0.897. The average Bonchev–Trinajstić information content (AvgIpc) is 2.77. The predicted molar refractivity (Wildman–Crippen MR) is 80.4 cm³/mol. The van der Waals surface area contributed by atoms with Gasteiger partial charge >= 0.3 is 5.97 Å². The fourth-order valence-corrected chi connectivity index (χ4v) is 2.95. The minimum atomic E-state index is -0.343. The lowest BCUT2D eigenvalue weighted by Gasteiger charge is -2.21. The van der Waals surface area contributed by atoms with E-state index < -0.39 is 0 Å². The highest BCUT2D eigenvalue weighted by Crippen LogP contribution is 2.23. The second-order valence-electron chi connectivity index (χ2n) is 5.63. The molecule has 20 heavy (non-hydrogen) atoms. The van der Waals surface area contributed by atoms with Gasteiger partial charge in [-0.1, -0.05) is 56.0 Å². The van der Waals surface area contributed by atoms with Gasteiger partial charge in [0.05, 0.1) is 7.11 Å². The molecular weight excluding hydrogens is 250 g/mol. The lowest BCUT2D eigenvalue weighted by atomic mass is 9.99. The zero-order valence-electron chi connectivity index (χ0n) is 12.3. The van der Waals surface area contributed by atoms with Crippen molar-refractivity contribution in [2.75, 3.05) is 13.7 Å². The fourth-order valence-electron chi connectivity index (χ4n) is 2.95. The van der Waals surface area contributed by atoms with Crippen LogP contribution in [-0.2, 0) is 9.53 Å². The molecule has 1 atom stereocenters. The van der Waals surface area contributed by atoms with Crippen LogP contribution >= 0.6 is 0 Å². The number of esters is 1. The molecule has 2 rings (SSSR count). The van der Waals surface area contributed by atoms with E-state index in [0.717, 1.165) is 12.1 Å². The van der Waals surface area contributed by atoms with Gasteiger partial charge in [0.1, 0.15) is 6.04 Å². The molecule has 0 spiro atoms. The highest BCUT2D eigenvalue weighted by Gasteiger charge is 2.22.